The van der Waals surface area contributed by atoms with Gasteiger partial charge in [-0.05, 0) is 12.7 Å². The molecule has 0 spiro atoms. The average molecular weight is 131 g/mol. The van der Waals surface area contributed by atoms with Gasteiger partial charge in [0.1, 0.15) is 0 Å². The second-order valence-electron chi connectivity index (χ2n) is 1.43. The predicted octanol–water partition coefficient (Wildman–Crippen LogP) is 1.82. The molecule has 0 heterocycles. The van der Waals surface area contributed by atoms with Crippen LogP contribution in [0.3, 0.4) is 0 Å². The zero-order valence-electron chi connectivity index (χ0n) is 5.69. The van der Waals surface area contributed by atoms with Gasteiger partial charge >= 0.3 is 0 Å². The number of rotatable bonds is 3. The van der Waals surface area contributed by atoms with E-state index in [-0.39, 0.29) is 0 Å². The Bertz CT molecular complexity index is 72.6. The molecule has 1 N–H and O–H groups in total. The Hall–Kier alpha value is -0.110. The molecule has 0 radical (unpaired) electrons. The fourth-order valence-corrected chi connectivity index (χ4v) is 1.01. The Kier molecular flexibility index (Phi) is 4.97. The lowest BCUT2D eigenvalue weighted by molar-refractivity contribution is 1.05. The monoisotopic (exact) mass is 131 g/mol. The maximum absolute atomic E-state index is 3.08. The van der Waals surface area contributed by atoms with E-state index in [2.05, 4.69) is 24.6 Å². The Balaban J connectivity index is 3.49. The van der Waals surface area contributed by atoms with Crippen LogP contribution in [0.5, 0.6) is 0 Å². The maximum atomic E-state index is 3.08. The highest BCUT2D eigenvalue weighted by Gasteiger charge is 1.83. The van der Waals surface area contributed by atoms with Crippen molar-refractivity contribution in [3.63, 3.8) is 0 Å². The third-order valence-electron chi connectivity index (χ3n) is 0.856. The standard InChI is InChI=1S/C6H13NS/c1-4-5-6(7-2)8-3/h5,7H,4H2,1-3H3/b6-5+. The van der Waals surface area contributed by atoms with Gasteiger partial charge in [0, 0.05) is 7.05 Å². The summed E-state index contributed by atoms with van der Waals surface area (Å²) in [6.07, 6.45) is 5.35. The average Bonchev–Trinajstić information content (AvgIpc) is 1.83. The molecule has 0 aromatic carbocycles. The van der Waals surface area contributed by atoms with Crippen molar-refractivity contribution in [1.82, 2.24) is 5.32 Å². The topological polar surface area (TPSA) is 12.0 Å². The van der Waals surface area contributed by atoms with E-state index in [9.17, 15) is 0 Å². The smallest absolute Gasteiger partial charge is 0.0635 e. The van der Waals surface area contributed by atoms with Gasteiger partial charge in [-0.15, -0.1) is 11.8 Å². The molecule has 0 atom stereocenters. The molecule has 0 saturated heterocycles. The molecule has 0 unspecified atom stereocenters. The summed E-state index contributed by atoms with van der Waals surface area (Å²) in [7, 11) is 1.94. The largest absolute Gasteiger partial charge is 0.383 e. The van der Waals surface area contributed by atoms with Crippen LogP contribution in [-0.2, 0) is 0 Å². The van der Waals surface area contributed by atoms with Crippen molar-refractivity contribution in [3.05, 3.63) is 11.1 Å². The molecule has 0 aromatic heterocycles. The lowest BCUT2D eigenvalue weighted by Gasteiger charge is -1.98. The highest BCUT2D eigenvalue weighted by molar-refractivity contribution is 8.02. The van der Waals surface area contributed by atoms with Gasteiger partial charge in [-0.1, -0.05) is 13.0 Å². The van der Waals surface area contributed by atoms with E-state index in [1.807, 2.05) is 7.05 Å². The minimum absolute atomic E-state index is 1.11. The van der Waals surface area contributed by atoms with E-state index in [0.717, 1.165) is 6.42 Å². The summed E-state index contributed by atoms with van der Waals surface area (Å²) in [4.78, 5) is 0. The molecule has 0 rings (SSSR count). The van der Waals surface area contributed by atoms with Crippen molar-refractivity contribution in [2.45, 2.75) is 13.3 Å². The van der Waals surface area contributed by atoms with E-state index >= 15 is 0 Å². The van der Waals surface area contributed by atoms with Crippen molar-refractivity contribution in [2.24, 2.45) is 0 Å². The zero-order chi connectivity index (χ0) is 6.41. The third kappa shape index (κ3) is 2.97. The van der Waals surface area contributed by atoms with Gasteiger partial charge in [0.15, 0.2) is 0 Å². The van der Waals surface area contributed by atoms with Crippen LogP contribution in [0.15, 0.2) is 11.1 Å². The van der Waals surface area contributed by atoms with Crippen molar-refractivity contribution in [1.29, 1.82) is 0 Å². The van der Waals surface area contributed by atoms with Crippen molar-refractivity contribution in [2.75, 3.05) is 13.3 Å². The van der Waals surface area contributed by atoms with Crippen LogP contribution in [-0.4, -0.2) is 13.3 Å². The quantitative estimate of drug-likeness (QED) is 0.627. The Labute approximate surface area is 55.5 Å². The van der Waals surface area contributed by atoms with E-state index in [4.69, 9.17) is 0 Å². The summed E-state index contributed by atoms with van der Waals surface area (Å²) in [5, 5.41) is 4.33. The summed E-state index contributed by atoms with van der Waals surface area (Å²) >= 11 is 1.74. The van der Waals surface area contributed by atoms with Crippen LogP contribution in [0.2, 0.25) is 0 Å². The first-order valence-corrected chi connectivity index (χ1v) is 3.99. The van der Waals surface area contributed by atoms with Crippen molar-refractivity contribution < 1.29 is 0 Å². The van der Waals surface area contributed by atoms with Gasteiger partial charge in [-0.3, -0.25) is 0 Å². The van der Waals surface area contributed by atoms with Gasteiger partial charge in [0.05, 0.1) is 5.03 Å². The number of hydrogen-bond acceptors (Lipinski definition) is 2. The first kappa shape index (κ1) is 7.89. The highest BCUT2D eigenvalue weighted by Crippen LogP contribution is 2.06. The molecule has 0 aliphatic heterocycles. The molecule has 0 bridgehead atoms. The first-order valence-electron chi connectivity index (χ1n) is 2.77. The fraction of sp³-hybridized carbons (Fsp3) is 0.667. The minimum Gasteiger partial charge on any atom is -0.383 e. The van der Waals surface area contributed by atoms with E-state index < -0.39 is 0 Å². The minimum atomic E-state index is 1.11. The molecule has 0 aromatic rings. The summed E-state index contributed by atoms with van der Waals surface area (Å²) in [5.41, 5.74) is 0. The first-order chi connectivity index (χ1) is 3.85. The number of allylic oxidation sites excluding steroid dienone is 1. The molecule has 1 nitrogen and oxygen atoms in total. The van der Waals surface area contributed by atoms with Crippen LogP contribution >= 0.6 is 11.8 Å². The molecule has 0 aliphatic carbocycles. The number of hydrogen-bond donors (Lipinski definition) is 1. The van der Waals surface area contributed by atoms with Crippen LogP contribution in [0.25, 0.3) is 0 Å². The van der Waals surface area contributed by atoms with Crippen molar-refractivity contribution >= 4 is 11.8 Å². The molecule has 48 valence electrons. The molecule has 0 aliphatic rings. The Morgan fingerprint density at radius 3 is 2.50 bits per heavy atom. The molecular weight excluding hydrogens is 118 g/mol. The number of thioether (sulfide) groups is 1. The molecular formula is C6H13NS. The Morgan fingerprint density at radius 1 is 1.75 bits per heavy atom. The van der Waals surface area contributed by atoms with Crippen LogP contribution in [0, 0.1) is 0 Å². The van der Waals surface area contributed by atoms with E-state index in [0.29, 0.717) is 0 Å². The van der Waals surface area contributed by atoms with Gasteiger partial charge < -0.3 is 5.32 Å². The predicted molar refractivity (Wildman–Crippen MR) is 40.9 cm³/mol. The molecule has 8 heavy (non-hydrogen) atoms. The van der Waals surface area contributed by atoms with Crippen molar-refractivity contribution in [3.8, 4) is 0 Å². The summed E-state index contributed by atoms with van der Waals surface area (Å²) in [6, 6.07) is 0. The van der Waals surface area contributed by atoms with E-state index in [1.54, 1.807) is 11.8 Å². The second kappa shape index (κ2) is 5.04. The summed E-state index contributed by atoms with van der Waals surface area (Å²) < 4.78 is 0. The normalized spacial score (nSPS) is 11.6. The van der Waals surface area contributed by atoms with Gasteiger partial charge in [-0.25, -0.2) is 0 Å². The highest BCUT2D eigenvalue weighted by atomic mass is 32.2. The fourth-order valence-electron chi connectivity index (χ4n) is 0.473. The van der Waals surface area contributed by atoms with Gasteiger partial charge in [-0.2, -0.15) is 0 Å². The lowest BCUT2D eigenvalue weighted by Crippen LogP contribution is -2.00. The summed E-state index contributed by atoms with van der Waals surface area (Å²) in [6.45, 7) is 2.13. The van der Waals surface area contributed by atoms with Crippen LogP contribution in [0.1, 0.15) is 13.3 Å². The molecule has 0 amide bonds. The number of nitrogens with one attached hydrogen (secondary N) is 1. The van der Waals surface area contributed by atoms with Gasteiger partial charge in [0.25, 0.3) is 0 Å². The van der Waals surface area contributed by atoms with E-state index in [1.165, 1.54) is 5.03 Å². The second-order valence-corrected chi connectivity index (χ2v) is 2.28. The summed E-state index contributed by atoms with van der Waals surface area (Å²) in [5.74, 6) is 0. The lowest BCUT2D eigenvalue weighted by atomic mass is 10.5. The SMILES string of the molecule is CC/C=C(\NC)SC. The van der Waals surface area contributed by atoms with Crippen LogP contribution < -0.4 is 5.32 Å². The third-order valence-corrected chi connectivity index (χ3v) is 1.67. The molecule has 2 heteroatoms. The zero-order valence-corrected chi connectivity index (χ0v) is 6.51. The maximum Gasteiger partial charge on any atom is 0.0635 e. The molecule has 0 fully saturated rings. The molecule has 0 saturated carbocycles. The Morgan fingerprint density at radius 2 is 2.38 bits per heavy atom. The van der Waals surface area contributed by atoms with Gasteiger partial charge in [0.2, 0.25) is 0 Å². The van der Waals surface area contributed by atoms with Crippen LogP contribution in [0.4, 0.5) is 0 Å².